The monoisotopic (exact) mass is 471 g/mol. The Morgan fingerprint density at radius 2 is 2.12 bits per heavy atom. The maximum atomic E-state index is 14.3. The van der Waals surface area contributed by atoms with E-state index in [9.17, 15) is 13.2 Å². The Morgan fingerprint density at radius 1 is 1.42 bits per heavy atom. The van der Waals surface area contributed by atoms with Gasteiger partial charge in [-0.2, -0.15) is 12.2 Å². The Balaban J connectivity index is 0.00000288. The fourth-order valence-corrected chi connectivity index (χ4v) is 2.35. The maximum absolute atomic E-state index is 14.3. The molecule has 0 bridgehead atoms. The van der Waals surface area contributed by atoms with Crippen LogP contribution in [0.4, 0.5) is 13.2 Å². The third-order valence-corrected chi connectivity index (χ3v) is 3.73. The molecule has 1 aliphatic rings. The number of ether oxygens (including phenoxy) is 1. The minimum Gasteiger partial charge on any atom is -0.481 e. The molecule has 2 rings (SSSR count). The maximum Gasteiger partial charge on any atom is 0.256 e. The van der Waals surface area contributed by atoms with Crippen LogP contribution >= 0.6 is 15.9 Å². The van der Waals surface area contributed by atoms with Crippen molar-refractivity contribution in [2.75, 3.05) is 13.2 Å². The van der Waals surface area contributed by atoms with Crippen LogP contribution < -0.4 is 4.74 Å². The van der Waals surface area contributed by atoms with Crippen LogP contribution in [0.25, 0.3) is 5.70 Å². The van der Waals surface area contributed by atoms with E-state index >= 15 is 0 Å². The molecular formula is C17H12BrF3NOY-. The molecule has 0 amide bonds. The van der Waals surface area contributed by atoms with E-state index in [-0.39, 0.29) is 56.3 Å². The van der Waals surface area contributed by atoms with E-state index in [1.54, 1.807) is 0 Å². The number of hydrogen-bond donors (Lipinski definition) is 0. The van der Waals surface area contributed by atoms with Crippen molar-refractivity contribution in [1.29, 1.82) is 0 Å². The Morgan fingerprint density at radius 3 is 2.71 bits per heavy atom. The van der Waals surface area contributed by atoms with E-state index in [0.717, 1.165) is 6.07 Å². The predicted molar refractivity (Wildman–Crippen MR) is 86.2 cm³/mol. The molecule has 1 aromatic rings. The van der Waals surface area contributed by atoms with E-state index in [1.807, 2.05) is 0 Å². The van der Waals surface area contributed by atoms with Crippen molar-refractivity contribution in [3.63, 3.8) is 0 Å². The summed E-state index contributed by atoms with van der Waals surface area (Å²) in [5, 5.41) is 0. The molecule has 1 aromatic carbocycles. The number of halogens is 4. The van der Waals surface area contributed by atoms with Crippen LogP contribution in [0.5, 0.6) is 5.75 Å². The third-order valence-electron chi connectivity index (χ3n) is 3.05. The van der Waals surface area contributed by atoms with E-state index in [4.69, 9.17) is 11.2 Å². The molecule has 0 fully saturated rings. The van der Waals surface area contributed by atoms with Crippen LogP contribution in [0.3, 0.4) is 0 Å². The Bertz CT molecular complexity index is 725. The Hall–Kier alpha value is -1.03. The van der Waals surface area contributed by atoms with Gasteiger partial charge in [-0.15, -0.1) is 28.4 Å². The summed E-state index contributed by atoms with van der Waals surface area (Å²) in [5.41, 5.74) is 0.613. The van der Waals surface area contributed by atoms with Crippen molar-refractivity contribution in [3.8, 4) is 18.1 Å². The first-order valence-corrected chi connectivity index (χ1v) is 7.33. The van der Waals surface area contributed by atoms with Crippen LogP contribution in [-0.4, -0.2) is 24.5 Å². The summed E-state index contributed by atoms with van der Waals surface area (Å²) in [7, 11) is 0. The van der Waals surface area contributed by atoms with Crippen molar-refractivity contribution in [2.24, 2.45) is 0 Å². The molecule has 0 aliphatic carbocycles. The second-order valence-corrected chi connectivity index (χ2v) is 5.42. The van der Waals surface area contributed by atoms with Crippen molar-refractivity contribution in [2.45, 2.75) is 6.43 Å². The number of rotatable bonds is 5. The van der Waals surface area contributed by atoms with Gasteiger partial charge in [-0.05, 0) is 11.8 Å². The molecule has 123 valence electrons. The fourth-order valence-electron chi connectivity index (χ4n) is 2.02. The first-order chi connectivity index (χ1) is 10.9. The summed E-state index contributed by atoms with van der Waals surface area (Å²) >= 11 is 3.21. The number of nitrogens with zero attached hydrogens (tertiary/aromatic N) is 1. The summed E-state index contributed by atoms with van der Waals surface area (Å²) in [6, 6.07) is 4.10. The fraction of sp³-hybridized carbons (Fsp3) is 0.176. The number of allylic oxidation sites excluding steroid dienone is 3. The van der Waals surface area contributed by atoms with Crippen LogP contribution in [0.2, 0.25) is 0 Å². The molecular weight excluding hydrogens is 460 g/mol. The second kappa shape index (κ2) is 9.46. The zero-order valence-electron chi connectivity index (χ0n) is 12.5. The van der Waals surface area contributed by atoms with Crippen LogP contribution in [0, 0.1) is 24.2 Å². The smallest absolute Gasteiger partial charge is 0.256 e. The minimum atomic E-state index is -2.61. The second-order valence-electron chi connectivity index (χ2n) is 4.57. The third kappa shape index (κ3) is 4.98. The average Bonchev–Trinajstić information content (AvgIpc) is 2.50. The molecule has 0 atom stereocenters. The van der Waals surface area contributed by atoms with Gasteiger partial charge >= 0.3 is 0 Å². The zero-order valence-corrected chi connectivity index (χ0v) is 17.0. The van der Waals surface area contributed by atoms with Gasteiger partial charge in [-0.3, -0.25) is 0 Å². The standard InChI is InChI=1S/C17H12BrF3NO.Y/c1-3-8-23-12-4-5-13(15(19)9-12)16-7-6-14(18)11(2)22(16)10-17(20)21;/h1,4-6,9,17H,2,8,10H2;/q-1;. The topological polar surface area (TPSA) is 12.5 Å². The summed E-state index contributed by atoms with van der Waals surface area (Å²) in [6.07, 6.45) is 6.78. The Labute approximate surface area is 172 Å². The average molecular weight is 472 g/mol. The normalized spacial score (nSPS) is 13.8. The molecule has 0 N–H and O–H groups in total. The van der Waals surface area contributed by atoms with E-state index < -0.39 is 18.8 Å². The van der Waals surface area contributed by atoms with Gasteiger partial charge in [-0.25, -0.2) is 13.2 Å². The van der Waals surface area contributed by atoms with Gasteiger partial charge in [0.1, 0.15) is 12.4 Å². The minimum absolute atomic E-state index is 0. The summed E-state index contributed by atoms with van der Waals surface area (Å²) < 4.78 is 45.6. The quantitative estimate of drug-likeness (QED) is 0.467. The summed E-state index contributed by atoms with van der Waals surface area (Å²) in [6.45, 7) is 3.14. The molecule has 2 nitrogen and oxygen atoms in total. The molecule has 24 heavy (non-hydrogen) atoms. The molecule has 0 aromatic heterocycles. The van der Waals surface area contributed by atoms with Crippen molar-refractivity contribution in [3.05, 3.63) is 58.5 Å². The van der Waals surface area contributed by atoms with E-state index in [2.05, 4.69) is 34.5 Å². The molecule has 1 heterocycles. The molecule has 1 aliphatic heterocycles. The van der Waals surface area contributed by atoms with Crippen molar-refractivity contribution >= 4 is 21.6 Å². The number of alkyl halides is 2. The van der Waals surface area contributed by atoms with Crippen LogP contribution in [0.15, 0.2) is 41.0 Å². The Kier molecular flexibility index (Phi) is 8.28. The number of hydrogen-bond acceptors (Lipinski definition) is 2. The first-order valence-electron chi connectivity index (χ1n) is 6.54. The van der Waals surface area contributed by atoms with Gasteiger partial charge in [0.25, 0.3) is 6.43 Å². The molecule has 0 spiro atoms. The van der Waals surface area contributed by atoms with Gasteiger partial charge < -0.3 is 9.64 Å². The summed E-state index contributed by atoms with van der Waals surface area (Å²) in [4.78, 5) is 1.22. The predicted octanol–water partition coefficient (Wildman–Crippen LogP) is 4.35. The molecule has 0 saturated carbocycles. The van der Waals surface area contributed by atoms with Crippen molar-refractivity contribution in [1.82, 2.24) is 4.90 Å². The number of benzene rings is 1. The van der Waals surface area contributed by atoms with Gasteiger partial charge in [0.05, 0.1) is 12.4 Å². The van der Waals surface area contributed by atoms with Crippen LogP contribution in [-0.2, 0) is 32.7 Å². The van der Waals surface area contributed by atoms with E-state index in [1.165, 1.54) is 23.1 Å². The molecule has 1 radical (unpaired) electrons. The van der Waals surface area contributed by atoms with Gasteiger partial charge in [0.2, 0.25) is 0 Å². The van der Waals surface area contributed by atoms with Crippen molar-refractivity contribution < 1.29 is 50.6 Å². The van der Waals surface area contributed by atoms with E-state index in [0.29, 0.717) is 10.2 Å². The van der Waals surface area contributed by atoms with Gasteiger partial charge in [-0.1, -0.05) is 28.2 Å². The van der Waals surface area contributed by atoms with Gasteiger partial charge in [0, 0.05) is 38.8 Å². The van der Waals surface area contributed by atoms with Gasteiger partial charge in [0.15, 0.2) is 0 Å². The molecule has 0 unspecified atom stereocenters. The summed E-state index contributed by atoms with van der Waals surface area (Å²) in [5.74, 6) is 1.91. The first kappa shape index (κ1) is 21.0. The number of terminal acetylenes is 1. The SMILES string of the molecule is C#CCOc1ccc(C2=[C-]C=C(Br)C(=C)N2CC(F)F)c(F)c1.[Y]. The van der Waals surface area contributed by atoms with Crippen LogP contribution in [0.1, 0.15) is 5.56 Å². The zero-order chi connectivity index (χ0) is 17.0. The largest absolute Gasteiger partial charge is 0.481 e. The molecule has 0 saturated heterocycles. The molecule has 7 heteroatoms.